The summed E-state index contributed by atoms with van der Waals surface area (Å²) < 4.78 is 0. The number of pyridine rings is 1. The number of fused-ring (bicyclic) bond motifs is 1. The highest BCUT2D eigenvalue weighted by atomic mass is 32.1. The molecule has 0 aliphatic carbocycles. The number of hydrogen-bond acceptors (Lipinski definition) is 4. The lowest BCUT2D eigenvalue weighted by atomic mass is 10.1. The number of thiophene rings is 1. The molecule has 0 spiro atoms. The van der Waals surface area contributed by atoms with Crippen LogP contribution in [-0.4, -0.2) is 40.0 Å². The van der Waals surface area contributed by atoms with Gasteiger partial charge in [0.2, 0.25) is 0 Å². The van der Waals surface area contributed by atoms with Crippen LogP contribution in [0.15, 0.2) is 6.07 Å². The van der Waals surface area contributed by atoms with Gasteiger partial charge in [0, 0.05) is 18.1 Å². The van der Waals surface area contributed by atoms with Crippen LogP contribution >= 0.6 is 11.3 Å². The third-order valence-corrected chi connectivity index (χ3v) is 4.85. The second-order valence-electron chi connectivity index (χ2n) is 5.25. The number of likely N-dealkylation sites (N-methyl/N-ethyl adjacent to an activating group) is 1. The van der Waals surface area contributed by atoms with Crippen LogP contribution in [0.4, 0.5) is 0 Å². The molecule has 1 N–H and O–H groups in total. The first-order chi connectivity index (χ1) is 9.73. The topological polar surface area (TPSA) is 70.5 Å². The quantitative estimate of drug-likeness (QED) is 0.946. The zero-order valence-electron chi connectivity index (χ0n) is 12.7. The van der Waals surface area contributed by atoms with Gasteiger partial charge in [0.05, 0.1) is 4.88 Å². The Kier molecular flexibility index (Phi) is 4.00. The minimum Gasteiger partial charge on any atom is -0.480 e. The van der Waals surface area contributed by atoms with E-state index in [0.29, 0.717) is 4.88 Å². The van der Waals surface area contributed by atoms with E-state index in [0.717, 1.165) is 27.0 Å². The first-order valence-corrected chi connectivity index (χ1v) is 7.43. The van der Waals surface area contributed by atoms with E-state index in [-0.39, 0.29) is 5.91 Å². The standard InChI is InChI=1S/C15H18N2O3S/c1-7-6-8(2)16-13-11(7)9(3)12(21-13)14(18)17(5)10(4)15(19)20/h6,10H,1-5H3,(H,19,20)/t10-/m1/s1. The lowest BCUT2D eigenvalue weighted by molar-refractivity contribution is -0.141. The minimum absolute atomic E-state index is 0.276. The van der Waals surface area contributed by atoms with Crippen LogP contribution in [0.3, 0.4) is 0 Å². The van der Waals surface area contributed by atoms with E-state index in [1.54, 1.807) is 0 Å². The Balaban J connectivity index is 2.52. The second-order valence-corrected chi connectivity index (χ2v) is 6.25. The van der Waals surface area contributed by atoms with E-state index in [1.165, 1.54) is 30.2 Å². The van der Waals surface area contributed by atoms with E-state index in [2.05, 4.69) is 4.98 Å². The summed E-state index contributed by atoms with van der Waals surface area (Å²) in [6, 6.07) is 1.12. The summed E-state index contributed by atoms with van der Waals surface area (Å²) in [5.74, 6) is -1.29. The van der Waals surface area contributed by atoms with Gasteiger partial charge in [0.25, 0.3) is 5.91 Å². The van der Waals surface area contributed by atoms with Crippen molar-refractivity contribution in [3.05, 3.63) is 27.8 Å². The molecular weight excluding hydrogens is 288 g/mol. The van der Waals surface area contributed by atoms with Gasteiger partial charge in [-0.05, 0) is 44.9 Å². The number of hydrogen-bond donors (Lipinski definition) is 1. The summed E-state index contributed by atoms with van der Waals surface area (Å²) >= 11 is 1.32. The van der Waals surface area contributed by atoms with Crippen molar-refractivity contribution in [1.82, 2.24) is 9.88 Å². The predicted molar refractivity (Wildman–Crippen MR) is 83.0 cm³/mol. The number of aryl methyl sites for hydroxylation is 3. The third-order valence-electron chi connectivity index (χ3n) is 3.68. The van der Waals surface area contributed by atoms with Crippen molar-refractivity contribution in [1.29, 1.82) is 0 Å². The molecule has 1 amide bonds. The SMILES string of the molecule is Cc1cc(C)c2c(C)c(C(=O)N(C)[C@H](C)C(=O)O)sc2n1. The Labute approximate surface area is 127 Å². The van der Waals surface area contributed by atoms with Gasteiger partial charge in [-0.15, -0.1) is 11.3 Å². The third kappa shape index (κ3) is 2.63. The highest BCUT2D eigenvalue weighted by Crippen LogP contribution is 2.33. The molecule has 2 aromatic rings. The van der Waals surface area contributed by atoms with Crippen molar-refractivity contribution >= 4 is 33.4 Å². The van der Waals surface area contributed by atoms with E-state index in [9.17, 15) is 9.59 Å². The Morgan fingerprint density at radius 2 is 1.95 bits per heavy atom. The molecule has 21 heavy (non-hydrogen) atoms. The minimum atomic E-state index is -1.02. The summed E-state index contributed by atoms with van der Waals surface area (Å²) in [5.41, 5.74) is 2.86. The van der Waals surface area contributed by atoms with E-state index in [1.807, 2.05) is 26.8 Å². The van der Waals surface area contributed by atoms with Gasteiger partial charge in [0.15, 0.2) is 0 Å². The van der Waals surface area contributed by atoms with Gasteiger partial charge in [0.1, 0.15) is 10.9 Å². The molecule has 2 heterocycles. The summed E-state index contributed by atoms with van der Waals surface area (Å²) in [4.78, 5) is 30.7. The summed E-state index contributed by atoms with van der Waals surface area (Å²) in [6.07, 6.45) is 0. The average Bonchev–Trinajstić information content (AvgIpc) is 2.73. The molecule has 0 aromatic carbocycles. The Morgan fingerprint density at radius 1 is 1.33 bits per heavy atom. The lowest BCUT2D eigenvalue weighted by Gasteiger charge is -2.21. The second kappa shape index (κ2) is 5.44. The molecule has 0 aliphatic rings. The van der Waals surface area contributed by atoms with Crippen LogP contribution in [0.2, 0.25) is 0 Å². The molecule has 112 valence electrons. The van der Waals surface area contributed by atoms with Crippen molar-refractivity contribution in [2.75, 3.05) is 7.05 Å². The summed E-state index contributed by atoms with van der Waals surface area (Å²) in [5, 5.41) is 10.0. The molecule has 2 rings (SSSR count). The average molecular weight is 306 g/mol. The van der Waals surface area contributed by atoms with Crippen LogP contribution in [0, 0.1) is 20.8 Å². The molecule has 0 aliphatic heterocycles. The Morgan fingerprint density at radius 3 is 2.52 bits per heavy atom. The van der Waals surface area contributed by atoms with E-state index in [4.69, 9.17) is 5.11 Å². The first kappa shape index (κ1) is 15.4. The van der Waals surface area contributed by atoms with Crippen LogP contribution in [0.25, 0.3) is 10.2 Å². The van der Waals surface area contributed by atoms with Crippen LogP contribution in [-0.2, 0) is 4.79 Å². The molecule has 2 aromatic heterocycles. The number of nitrogens with zero attached hydrogens (tertiary/aromatic N) is 2. The van der Waals surface area contributed by atoms with Gasteiger partial charge < -0.3 is 10.0 Å². The van der Waals surface area contributed by atoms with Gasteiger partial charge in [-0.25, -0.2) is 9.78 Å². The lowest BCUT2D eigenvalue weighted by Crippen LogP contribution is -2.40. The monoisotopic (exact) mass is 306 g/mol. The van der Waals surface area contributed by atoms with Crippen molar-refractivity contribution in [2.45, 2.75) is 33.7 Å². The van der Waals surface area contributed by atoms with Crippen molar-refractivity contribution < 1.29 is 14.7 Å². The normalized spacial score (nSPS) is 12.4. The molecule has 0 saturated carbocycles. The predicted octanol–water partition coefficient (Wildman–Crippen LogP) is 2.77. The number of carbonyl (C=O) groups is 2. The summed E-state index contributed by atoms with van der Waals surface area (Å²) in [7, 11) is 1.51. The molecule has 0 fully saturated rings. The number of carboxylic acid groups (broad SMARTS) is 1. The highest BCUT2D eigenvalue weighted by Gasteiger charge is 2.26. The number of aromatic nitrogens is 1. The molecule has 5 nitrogen and oxygen atoms in total. The first-order valence-electron chi connectivity index (χ1n) is 6.61. The number of rotatable bonds is 3. The van der Waals surface area contributed by atoms with Gasteiger partial charge in [-0.3, -0.25) is 4.79 Å². The number of carboxylic acids is 1. The van der Waals surface area contributed by atoms with Crippen molar-refractivity contribution in [2.24, 2.45) is 0 Å². The van der Waals surface area contributed by atoms with Gasteiger partial charge in [-0.1, -0.05) is 0 Å². The largest absolute Gasteiger partial charge is 0.480 e. The van der Waals surface area contributed by atoms with Crippen molar-refractivity contribution in [3.8, 4) is 0 Å². The Hall–Kier alpha value is -1.95. The molecule has 6 heteroatoms. The number of carbonyl (C=O) groups excluding carboxylic acids is 1. The molecule has 0 bridgehead atoms. The van der Waals surface area contributed by atoms with Crippen molar-refractivity contribution in [3.63, 3.8) is 0 Å². The fourth-order valence-corrected chi connectivity index (χ4v) is 3.61. The maximum absolute atomic E-state index is 12.5. The zero-order valence-corrected chi connectivity index (χ0v) is 13.5. The number of amides is 1. The smallest absolute Gasteiger partial charge is 0.326 e. The maximum atomic E-state index is 12.5. The Bertz CT molecular complexity index is 736. The van der Waals surface area contributed by atoms with E-state index < -0.39 is 12.0 Å². The zero-order chi connectivity index (χ0) is 15.9. The van der Waals surface area contributed by atoms with Crippen LogP contribution in [0.5, 0.6) is 0 Å². The van der Waals surface area contributed by atoms with Gasteiger partial charge in [-0.2, -0.15) is 0 Å². The molecule has 0 radical (unpaired) electrons. The maximum Gasteiger partial charge on any atom is 0.326 e. The summed E-state index contributed by atoms with van der Waals surface area (Å²) in [6.45, 7) is 7.29. The fourth-order valence-electron chi connectivity index (χ4n) is 2.33. The molecule has 1 atom stereocenters. The fraction of sp³-hybridized carbons (Fsp3) is 0.400. The van der Waals surface area contributed by atoms with E-state index >= 15 is 0 Å². The van der Waals surface area contributed by atoms with Crippen LogP contribution < -0.4 is 0 Å². The highest BCUT2D eigenvalue weighted by molar-refractivity contribution is 7.20. The van der Waals surface area contributed by atoms with Gasteiger partial charge >= 0.3 is 5.97 Å². The molecule has 0 saturated heterocycles. The molecule has 0 unspecified atom stereocenters. The number of aliphatic carboxylic acids is 1. The van der Waals surface area contributed by atoms with Crippen LogP contribution in [0.1, 0.15) is 33.4 Å². The molecular formula is C15H18N2O3S.